The van der Waals surface area contributed by atoms with Crippen molar-refractivity contribution < 1.29 is 0 Å². The SMILES string of the molecule is CC1(C)c2ccccc2-c2ccc(N(c3ccc(N(c4ccccc4)c4ccccc4)cc3)c3cc4c5ccccc5c(N(c5ccc(N(c6ccccc6)c6ccccc6)cc5)c5ccc6c(c5)C(C)(C)c5ccccc5-6)cc4c4ccccc34)cc21. The van der Waals surface area contributed by atoms with Gasteiger partial charge in [-0.2, -0.15) is 0 Å². The summed E-state index contributed by atoms with van der Waals surface area (Å²) in [4.78, 5) is 9.69. The van der Waals surface area contributed by atoms with Crippen molar-refractivity contribution in [1.82, 2.24) is 0 Å². The minimum absolute atomic E-state index is 0.199. The first kappa shape index (κ1) is 52.6. The Hall–Kier alpha value is -10.9. The van der Waals surface area contributed by atoms with E-state index in [1.165, 1.54) is 66.1 Å². The highest BCUT2D eigenvalue weighted by molar-refractivity contribution is 6.24. The van der Waals surface area contributed by atoms with Crippen LogP contribution in [0.25, 0.3) is 54.6 Å². The second-order valence-electron chi connectivity index (χ2n) is 24.5. The fraction of sp³-hybridized carbons (Fsp3) is 0.0714. The maximum absolute atomic E-state index is 2.51. The molecule has 14 aromatic carbocycles. The molecule has 0 spiro atoms. The van der Waals surface area contributed by atoms with Crippen LogP contribution >= 0.6 is 0 Å². The lowest BCUT2D eigenvalue weighted by Gasteiger charge is -2.32. The molecule has 88 heavy (non-hydrogen) atoms. The van der Waals surface area contributed by atoms with E-state index in [9.17, 15) is 0 Å². The van der Waals surface area contributed by atoms with Gasteiger partial charge in [0, 0.05) is 78.5 Å². The largest absolute Gasteiger partial charge is 0.311 e. The average molecular weight is 1130 g/mol. The Morgan fingerprint density at radius 3 is 0.773 bits per heavy atom. The summed E-state index contributed by atoms with van der Waals surface area (Å²) in [5, 5.41) is 7.05. The smallest absolute Gasteiger partial charge is 0.0546 e. The normalized spacial score (nSPS) is 13.2. The molecule has 0 atom stereocenters. The van der Waals surface area contributed by atoms with Crippen LogP contribution in [0.3, 0.4) is 0 Å². The maximum atomic E-state index is 2.51. The van der Waals surface area contributed by atoms with Gasteiger partial charge in [-0.3, -0.25) is 0 Å². The van der Waals surface area contributed by atoms with E-state index in [0.717, 1.165) is 79.0 Å². The van der Waals surface area contributed by atoms with Crippen molar-refractivity contribution in [1.29, 1.82) is 0 Å². The highest BCUT2D eigenvalue weighted by Gasteiger charge is 2.38. The summed E-state index contributed by atoms with van der Waals surface area (Å²) in [5.74, 6) is 0. The van der Waals surface area contributed by atoms with Gasteiger partial charge in [-0.15, -0.1) is 0 Å². The van der Waals surface area contributed by atoms with Gasteiger partial charge in [-0.25, -0.2) is 0 Å². The minimum atomic E-state index is -0.199. The predicted molar refractivity (Wildman–Crippen MR) is 373 cm³/mol. The molecule has 4 nitrogen and oxygen atoms in total. The predicted octanol–water partition coefficient (Wildman–Crippen LogP) is 23.6. The van der Waals surface area contributed by atoms with Crippen molar-refractivity contribution in [3.63, 3.8) is 0 Å². The summed E-state index contributed by atoms with van der Waals surface area (Å²) in [5.41, 5.74) is 23.3. The van der Waals surface area contributed by atoms with Crippen LogP contribution in [0, 0.1) is 0 Å². The Bertz CT molecular complexity index is 4560. The molecule has 420 valence electrons. The van der Waals surface area contributed by atoms with Crippen LogP contribution < -0.4 is 19.6 Å². The Labute approximate surface area is 515 Å². The summed E-state index contributed by atoms with van der Waals surface area (Å²) in [7, 11) is 0. The zero-order valence-corrected chi connectivity index (χ0v) is 49.8. The molecule has 16 rings (SSSR count). The van der Waals surface area contributed by atoms with E-state index in [4.69, 9.17) is 0 Å². The van der Waals surface area contributed by atoms with Crippen LogP contribution in [0.2, 0.25) is 0 Å². The lowest BCUT2D eigenvalue weighted by atomic mass is 9.82. The van der Waals surface area contributed by atoms with E-state index in [0.29, 0.717) is 0 Å². The number of nitrogens with zero attached hydrogens (tertiary/aromatic N) is 4. The molecule has 0 saturated carbocycles. The van der Waals surface area contributed by atoms with E-state index >= 15 is 0 Å². The van der Waals surface area contributed by atoms with Gasteiger partial charge in [0.05, 0.1) is 11.4 Å². The number of hydrogen-bond acceptors (Lipinski definition) is 4. The van der Waals surface area contributed by atoms with Crippen molar-refractivity contribution >= 4 is 101 Å². The molecule has 2 aliphatic carbocycles. The second-order valence-corrected chi connectivity index (χ2v) is 24.5. The van der Waals surface area contributed by atoms with Crippen LogP contribution in [-0.4, -0.2) is 0 Å². The molecule has 14 aromatic rings. The first-order valence-electron chi connectivity index (χ1n) is 30.7. The van der Waals surface area contributed by atoms with Crippen molar-refractivity contribution in [3.8, 4) is 22.3 Å². The number of benzene rings is 14. The van der Waals surface area contributed by atoms with E-state index in [2.05, 4.69) is 363 Å². The highest BCUT2D eigenvalue weighted by atomic mass is 15.2. The Morgan fingerprint density at radius 1 is 0.182 bits per heavy atom. The zero-order valence-electron chi connectivity index (χ0n) is 49.8. The third kappa shape index (κ3) is 8.58. The fourth-order valence-electron chi connectivity index (χ4n) is 14.5. The molecule has 0 amide bonds. The average Bonchev–Trinajstić information content (AvgIpc) is 1.27. The Kier molecular flexibility index (Phi) is 12.5. The summed E-state index contributed by atoms with van der Waals surface area (Å²) < 4.78 is 0. The summed E-state index contributed by atoms with van der Waals surface area (Å²) in [6, 6.07) is 116. The summed E-state index contributed by atoms with van der Waals surface area (Å²) in [6.07, 6.45) is 0. The molecule has 4 heteroatoms. The molecular weight excluding hydrogens is 1060 g/mol. The number of hydrogen-bond donors (Lipinski definition) is 0. The minimum Gasteiger partial charge on any atom is -0.311 e. The van der Waals surface area contributed by atoms with Crippen molar-refractivity contribution in [2.45, 2.75) is 38.5 Å². The molecule has 2 aliphatic rings. The van der Waals surface area contributed by atoms with Crippen LogP contribution in [-0.2, 0) is 10.8 Å². The van der Waals surface area contributed by atoms with Gasteiger partial charge in [-0.05, 0) is 200 Å². The van der Waals surface area contributed by atoms with Gasteiger partial charge in [0.2, 0.25) is 0 Å². The maximum Gasteiger partial charge on any atom is 0.0546 e. The van der Waals surface area contributed by atoms with Crippen LogP contribution in [0.4, 0.5) is 68.2 Å². The third-order valence-corrected chi connectivity index (χ3v) is 18.8. The Balaban J connectivity index is 0.908. The van der Waals surface area contributed by atoms with E-state index in [-0.39, 0.29) is 10.8 Å². The van der Waals surface area contributed by atoms with Gasteiger partial charge in [0.15, 0.2) is 0 Å². The quantitative estimate of drug-likeness (QED) is 0.113. The lowest BCUT2D eigenvalue weighted by Crippen LogP contribution is -2.17. The fourth-order valence-corrected chi connectivity index (χ4v) is 14.5. The summed E-state index contributed by atoms with van der Waals surface area (Å²) >= 11 is 0. The first-order chi connectivity index (χ1) is 43.2. The van der Waals surface area contributed by atoms with Crippen LogP contribution in [0.15, 0.2) is 315 Å². The molecule has 0 radical (unpaired) electrons. The van der Waals surface area contributed by atoms with Gasteiger partial charge < -0.3 is 19.6 Å². The number of fused-ring (bicyclic) bond motifs is 11. The van der Waals surface area contributed by atoms with E-state index < -0.39 is 0 Å². The van der Waals surface area contributed by atoms with E-state index in [1.54, 1.807) is 0 Å². The molecule has 0 aliphatic heterocycles. The van der Waals surface area contributed by atoms with Gasteiger partial charge in [0.25, 0.3) is 0 Å². The topological polar surface area (TPSA) is 13.0 Å². The molecule has 0 unspecified atom stereocenters. The summed E-state index contributed by atoms with van der Waals surface area (Å²) in [6.45, 7) is 9.51. The molecule has 0 heterocycles. The van der Waals surface area contributed by atoms with Crippen LogP contribution in [0.1, 0.15) is 49.9 Å². The van der Waals surface area contributed by atoms with Gasteiger partial charge >= 0.3 is 0 Å². The molecular formula is C84H64N4. The van der Waals surface area contributed by atoms with Crippen molar-refractivity contribution in [2.75, 3.05) is 19.6 Å². The number of para-hydroxylation sites is 4. The standard InChI is InChI=1S/C84H64N4/c1-83(2)77-39-23-21-35-69(77)71-51-49-65(53-79(71)83)87(63-45-41-61(42-46-63)85(57-25-9-5-10-26-57)58-27-11-6-12-28-58)81-55-75-68-34-18-20-38-74(68)82(56-76(75)67-33-17-19-37-73(67)81)88(66-50-52-72-70-36-22-24-40-78(70)84(3,4)80(72)54-66)64-47-43-62(44-48-64)86(59-29-13-7-14-30-59)60-31-15-8-16-32-60/h5-56H,1-4H3. The Morgan fingerprint density at radius 2 is 0.432 bits per heavy atom. The number of anilines is 12. The molecule has 0 fully saturated rings. The second kappa shape index (κ2) is 20.9. The zero-order chi connectivity index (χ0) is 59.1. The lowest BCUT2D eigenvalue weighted by molar-refractivity contribution is 0.660. The monoisotopic (exact) mass is 1130 g/mol. The highest BCUT2D eigenvalue weighted by Crippen LogP contribution is 2.55. The molecule has 0 aromatic heterocycles. The first-order valence-corrected chi connectivity index (χ1v) is 30.7. The van der Waals surface area contributed by atoms with Crippen LogP contribution in [0.5, 0.6) is 0 Å². The molecule has 0 N–H and O–H groups in total. The van der Waals surface area contributed by atoms with Crippen molar-refractivity contribution in [2.24, 2.45) is 0 Å². The van der Waals surface area contributed by atoms with E-state index in [1.807, 2.05) is 0 Å². The molecule has 0 saturated heterocycles. The third-order valence-electron chi connectivity index (χ3n) is 18.8. The van der Waals surface area contributed by atoms with Gasteiger partial charge in [-0.1, -0.05) is 210 Å². The molecule has 0 bridgehead atoms. The number of rotatable bonds is 12. The van der Waals surface area contributed by atoms with Crippen molar-refractivity contribution in [3.05, 3.63) is 338 Å². The van der Waals surface area contributed by atoms with Gasteiger partial charge in [0.1, 0.15) is 0 Å².